The van der Waals surface area contributed by atoms with Crippen LogP contribution in [-0.2, 0) is 23.1 Å². The van der Waals surface area contributed by atoms with E-state index in [0.717, 1.165) is 36.7 Å². The Labute approximate surface area is 225 Å². The topological polar surface area (TPSA) is 81.3 Å². The standard InChI is InChI=1S/C28H31F2N7O2/c1-16-28(38)34(2)15-23-25(33-27(37(16)23)18-13-36(14-18)8-9-39-4)19-6-5-7-22-20(19)10-21(26(29)30)24(32-22)17-11-31-35(3)12-17/h5-7,10-12,16,18,26H,8-9,13-15H2,1-4H3/t16-/m0/s1. The van der Waals surface area contributed by atoms with Gasteiger partial charge >= 0.3 is 0 Å². The normalized spacial score (nSPS) is 18.3. The first-order chi connectivity index (χ1) is 18.8. The summed E-state index contributed by atoms with van der Waals surface area (Å²) in [7, 11) is 5.22. The number of imidazole rings is 1. The Morgan fingerprint density at radius 2 is 1.95 bits per heavy atom. The van der Waals surface area contributed by atoms with Gasteiger partial charge in [-0.3, -0.25) is 14.4 Å². The summed E-state index contributed by atoms with van der Waals surface area (Å²) in [5, 5.41) is 4.74. The fourth-order valence-corrected chi connectivity index (χ4v) is 5.80. The molecule has 0 aliphatic carbocycles. The fraction of sp³-hybridized carbons (Fsp3) is 0.429. The van der Waals surface area contributed by atoms with Crippen molar-refractivity contribution in [1.29, 1.82) is 0 Å². The van der Waals surface area contributed by atoms with Gasteiger partial charge in [-0.25, -0.2) is 18.7 Å². The van der Waals surface area contributed by atoms with Gasteiger partial charge in [0.2, 0.25) is 5.91 Å². The van der Waals surface area contributed by atoms with E-state index in [0.29, 0.717) is 35.3 Å². The Morgan fingerprint density at radius 3 is 2.64 bits per heavy atom. The number of carbonyl (C=O) groups excluding carboxylic acids is 1. The van der Waals surface area contributed by atoms with E-state index in [2.05, 4.69) is 19.5 Å². The van der Waals surface area contributed by atoms with Crippen LogP contribution in [0, 0.1) is 0 Å². The summed E-state index contributed by atoms with van der Waals surface area (Å²) in [4.78, 5) is 26.8. The second kappa shape index (κ2) is 9.80. The third kappa shape index (κ3) is 4.29. The number of carbonyl (C=O) groups is 1. The average molecular weight is 536 g/mol. The van der Waals surface area contributed by atoms with E-state index < -0.39 is 12.5 Å². The zero-order valence-electron chi connectivity index (χ0n) is 22.4. The summed E-state index contributed by atoms with van der Waals surface area (Å²) in [5.74, 6) is 1.08. The Bertz CT molecular complexity index is 1560. The zero-order chi connectivity index (χ0) is 27.4. The molecule has 0 radical (unpaired) electrons. The molecule has 6 rings (SSSR count). The van der Waals surface area contributed by atoms with Gasteiger partial charge in [0, 0.05) is 75.0 Å². The highest BCUT2D eigenvalue weighted by atomic mass is 19.3. The van der Waals surface area contributed by atoms with E-state index in [1.165, 1.54) is 6.07 Å². The first-order valence-corrected chi connectivity index (χ1v) is 13.0. The second-order valence-corrected chi connectivity index (χ2v) is 10.5. The van der Waals surface area contributed by atoms with Crippen molar-refractivity contribution in [3.8, 4) is 22.5 Å². The number of nitrogens with zero attached hydrogens (tertiary/aromatic N) is 7. The molecule has 2 aliphatic heterocycles. The molecule has 0 unspecified atom stereocenters. The summed E-state index contributed by atoms with van der Waals surface area (Å²) in [5.41, 5.74) is 3.58. The lowest BCUT2D eigenvalue weighted by molar-refractivity contribution is -0.135. The molecule has 204 valence electrons. The number of alkyl halides is 2. The van der Waals surface area contributed by atoms with Gasteiger partial charge in [-0.15, -0.1) is 0 Å². The number of hydrogen-bond donors (Lipinski definition) is 0. The first kappa shape index (κ1) is 25.6. The molecule has 1 atom stereocenters. The molecule has 1 fully saturated rings. The van der Waals surface area contributed by atoms with E-state index in [-0.39, 0.29) is 23.1 Å². The van der Waals surface area contributed by atoms with Crippen LogP contribution in [0.4, 0.5) is 8.78 Å². The maximum absolute atomic E-state index is 14.3. The molecule has 1 amide bonds. The van der Waals surface area contributed by atoms with Crippen molar-refractivity contribution in [2.45, 2.75) is 31.9 Å². The summed E-state index contributed by atoms with van der Waals surface area (Å²) in [6, 6.07) is 6.75. The van der Waals surface area contributed by atoms with Crippen LogP contribution in [-0.4, -0.2) is 80.4 Å². The van der Waals surface area contributed by atoms with Gasteiger partial charge in [-0.2, -0.15) is 5.10 Å². The molecule has 0 spiro atoms. The van der Waals surface area contributed by atoms with Crippen molar-refractivity contribution in [3.05, 3.63) is 53.7 Å². The lowest BCUT2D eigenvalue weighted by atomic mass is 9.98. The number of likely N-dealkylation sites (N-methyl/N-ethyl adjacent to an activating group) is 1. The maximum Gasteiger partial charge on any atom is 0.265 e. The van der Waals surface area contributed by atoms with Gasteiger partial charge in [0.05, 0.1) is 41.9 Å². The van der Waals surface area contributed by atoms with Gasteiger partial charge in [0.15, 0.2) is 0 Å². The van der Waals surface area contributed by atoms with Crippen molar-refractivity contribution >= 4 is 16.8 Å². The Kier molecular flexibility index (Phi) is 6.43. The molecule has 3 aromatic heterocycles. The van der Waals surface area contributed by atoms with Gasteiger partial charge in [-0.05, 0) is 19.1 Å². The molecule has 4 aromatic rings. The highest BCUT2D eigenvalue weighted by Gasteiger charge is 2.39. The number of amides is 1. The van der Waals surface area contributed by atoms with Crippen LogP contribution in [0.3, 0.4) is 0 Å². The monoisotopic (exact) mass is 535 g/mol. The third-order valence-corrected chi connectivity index (χ3v) is 7.84. The molecule has 39 heavy (non-hydrogen) atoms. The Morgan fingerprint density at radius 1 is 1.15 bits per heavy atom. The number of hydrogen-bond acceptors (Lipinski definition) is 6. The molecule has 9 nitrogen and oxygen atoms in total. The van der Waals surface area contributed by atoms with Crippen LogP contribution in [0.15, 0.2) is 36.7 Å². The summed E-state index contributed by atoms with van der Waals surface area (Å²) in [6.07, 6.45) is 0.517. The van der Waals surface area contributed by atoms with Crippen LogP contribution >= 0.6 is 0 Å². The fourth-order valence-electron chi connectivity index (χ4n) is 5.80. The molecule has 0 N–H and O–H groups in total. The molecule has 5 heterocycles. The SMILES string of the molecule is COCCN1CC(c2nc(-c3cccc4nc(-c5cnn(C)c5)c(C(F)F)cc34)c3n2[C@@H](C)C(=O)N(C)C3)C1. The Balaban J connectivity index is 1.50. The molecular formula is C28H31F2N7O2. The molecule has 1 aromatic carbocycles. The average Bonchev–Trinajstić information content (AvgIpc) is 3.49. The predicted octanol–water partition coefficient (Wildman–Crippen LogP) is 4.02. The van der Waals surface area contributed by atoms with Crippen LogP contribution in [0.1, 0.15) is 42.4 Å². The molecule has 2 aliphatic rings. The number of rotatable bonds is 7. The zero-order valence-corrected chi connectivity index (χ0v) is 22.4. The highest BCUT2D eigenvalue weighted by molar-refractivity contribution is 5.96. The van der Waals surface area contributed by atoms with Crippen LogP contribution < -0.4 is 0 Å². The van der Waals surface area contributed by atoms with E-state index in [1.807, 2.05) is 25.1 Å². The third-order valence-electron chi connectivity index (χ3n) is 7.84. The number of fused-ring (bicyclic) bond motifs is 2. The smallest absolute Gasteiger partial charge is 0.265 e. The maximum atomic E-state index is 14.3. The van der Waals surface area contributed by atoms with Crippen molar-refractivity contribution in [3.63, 3.8) is 0 Å². The molecule has 11 heteroatoms. The van der Waals surface area contributed by atoms with Crippen LogP contribution in [0.25, 0.3) is 33.4 Å². The van der Waals surface area contributed by atoms with Crippen LogP contribution in [0.5, 0.6) is 0 Å². The summed E-state index contributed by atoms with van der Waals surface area (Å²) < 4.78 is 37.5. The van der Waals surface area contributed by atoms with Crippen molar-refractivity contribution in [2.24, 2.45) is 7.05 Å². The lowest BCUT2D eigenvalue weighted by Gasteiger charge is -2.40. The van der Waals surface area contributed by atoms with E-state index in [1.54, 1.807) is 43.2 Å². The quantitative estimate of drug-likeness (QED) is 0.356. The highest BCUT2D eigenvalue weighted by Crippen LogP contribution is 2.41. The van der Waals surface area contributed by atoms with E-state index >= 15 is 0 Å². The van der Waals surface area contributed by atoms with Gasteiger partial charge in [-0.1, -0.05) is 12.1 Å². The van der Waals surface area contributed by atoms with Crippen molar-refractivity contribution in [1.82, 2.24) is 34.1 Å². The molecular weight excluding hydrogens is 504 g/mol. The Hall–Kier alpha value is -3.70. The number of pyridine rings is 1. The first-order valence-electron chi connectivity index (χ1n) is 13.0. The van der Waals surface area contributed by atoms with Gasteiger partial charge in [0.25, 0.3) is 6.43 Å². The number of likely N-dealkylation sites (tertiary alicyclic amines) is 1. The number of ether oxygens (including phenoxy) is 1. The molecule has 1 saturated heterocycles. The minimum atomic E-state index is -2.71. The van der Waals surface area contributed by atoms with Crippen LogP contribution in [0.2, 0.25) is 0 Å². The number of halogens is 2. The number of benzene rings is 1. The molecule has 0 saturated carbocycles. The number of aryl methyl sites for hydroxylation is 1. The van der Waals surface area contributed by atoms with E-state index in [9.17, 15) is 13.6 Å². The predicted molar refractivity (Wildman–Crippen MR) is 142 cm³/mol. The summed E-state index contributed by atoms with van der Waals surface area (Å²) in [6.45, 7) is 5.46. The lowest BCUT2D eigenvalue weighted by Crippen LogP contribution is -2.48. The van der Waals surface area contributed by atoms with Crippen molar-refractivity contribution < 1.29 is 18.3 Å². The number of aromatic nitrogens is 5. The van der Waals surface area contributed by atoms with Gasteiger partial charge in [0.1, 0.15) is 11.9 Å². The minimum absolute atomic E-state index is 0.0314. The molecule has 0 bridgehead atoms. The van der Waals surface area contributed by atoms with Gasteiger partial charge < -0.3 is 14.2 Å². The largest absolute Gasteiger partial charge is 0.383 e. The van der Waals surface area contributed by atoms with Crippen molar-refractivity contribution in [2.75, 3.05) is 40.4 Å². The number of methoxy groups -OCH3 is 1. The second-order valence-electron chi connectivity index (χ2n) is 10.5. The van der Waals surface area contributed by atoms with E-state index in [4.69, 9.17) is 9.72 Å². The summed E-state index contributed by atoms with van der Waals surface area (Å²) >= 11 is 0. The minimum Gasteiger partial charge on any atom is -0.383 e.